The fourth-order valence-electron chi connectivity index (χ4n) is 4.91. The number of rotatable bonds is 6. The molecule has 1 N–H and O–H groups in total. The molecule has 0 radical (unpaired) electrons. The molecule has 0 spiro atoms. The first-order chi connectivity index (χ1) is 19.8. The number of aromatic nitrogens is 1. The van der Waals surface area contributed by atoms with E-state index in [2.05, 4.69) is 0 Å². The summed E-state index contributed by atoms with van der Waals surface area (Å²) in [5.41, 5.74) is 3.97. The number of carbonyl (C=O) groups excluding carboxylic acids is 4. The van der Waals surface area contributed by atoms with E-state index in [-0.39, 0.29) is 28.7 Å². The number of imide groups is 1. The summed E-state index contributed by atoms with van der Waals surface area (Å²) in [6.07, 6.45) is 0. The average molecular weight is 543 g/mol. The van der Waals surface area contributed by atoms with Crippen molar-refractivity contribution >= 4 is 40.2 Å². The van der Waals surface area contributed by atoms with Gasteiger partial charge in [0, 0.05) is 10.9 Å². The molecule has 4 aromatic carbocycles. The number of anilines is 1. The Hall–Kier alpha value is -5.63. The molecular weight excluding hydrogens is 520 g/mol. The van der Waals surface area contributed by atoms with Crippen LogP contribution in [0.15, 0.2) is 97.1 Å². The monoisotopic (exact) mass is 542 g/mol. The summed E-state index contributed by atoms with van der Waals surface area (Å²) < 4.78 is 5.37. The van der Waals surface area contributed by atoms with Gasteiger partial charge in [-0.1, -0.05) is 54.6 Å². The Morgan fingerprint density at radius 2 is 1.46 bits per heavy atom. The van der Waals surface area contributed by atoms with Crippen LogP contribution in [0.5, 0.6) is 5.75 Å². The van der Waals surface area contributed by atoms with Crippen molar-refractivity contribution in [1.29, 1.82) is 0 Å². The summed E-state index contributed by atoms with van der Waals surface area (Å²) in [7, 11) is 0. The van der Waals surface area contributed by atoms with E-state index in [1.165, 1.54) is 12.1 Å². The Kier molecular flexibility index (Phi) is 6.35. The number of fused-ring (bicyclic) bond motifs is 2. The number of benzene rings is 4. The number of aryl methyl sites for hydroxylation is 1. The number of pyridine rings is 1. The van der Waals surface area contributed by atoms with E-state index in [1.807, 2.05) is 13.0 Å². The number of hydrogen-bond acceptors (Lipinski definition) is 7. The Morgan fingerprint density at radius 1 is 0.805 bits per heavy atom. The van der Waals surface area contributed by atoms with E-state index in [4.69, 9.17) is 9.72 Å². The molecule has 1 aliphatic heterocycles. The Labute approximate surface area is 234 Å². The van der Waals surface area contributed by atoms with E-state index in [0.29, 0.717) is 39.0 Å². The van der Waals surface area contributed by atoms with Crippen LogP contribution in [0.3, 0.4) is 0 Å². The van der Waals surface area contributed by atoms with Crippen LogP contribution < -0.4 is 4.90 Å². The number of phenolic OH excluding ortho intramolecular Hbond substituents is 1. The number of hydrogen-bond donors (Lipinski definition) is 1. The van der Waals surface area contributed by atoms with Crippen molar-refractivity contribution in [3.05, 3.63) is 125 Å². The van der Waals surface area contributed by atoms with Crippen molar-refractivity contribution in [2.45, 2.75) is 6.92 Å². The minimum atomic E-state index is -0.712. The Bertz CT molecular complexity index is 1860. The summed E-state index contributed by atoms with van der Waals surface area (Å²) in [4.78, 5) is 57.5. The highest BCUT2D eigenvalue weighted by molar-refractivity contribution is 6.34. The normalized spacial score (nSPS) is 12.5. The lowest BCUT2D eigenvalue weighted by Gasteiger charge is -2.15. The van der Waals surface area contributed by atoms with Crippen LogP contribution in [-0.4, -0.2) is 40.3 Å². The first kappa shape index (κ1) is 25.6. The molecule has 8 heteroatoms. The number of aromatic hydroxyl groups is 1. The molecule has 0 fully saturated rings. The zero-order valence-corrected chi connectivity index (χ0v) is 21.8. The van der Waals surface area contributed by atoms with Crippen molar-refractivity contribution in [2.75, 3.05) is 11.5 Å². The summed E-state index contributed by atoms with van der Waals surface area (Å²) in [6.45, 7) is 1.33. The van der Waals surface area contributed by atoms with Gasteiger partial charge in [0.25, 0.3) is 11.8 Å². The van der Waals surface area contributed by atoms with E-state index < -0.39 is 18.4 Å². The number of amides is 2. The van der Waals surface area contributed by atoms with Gasteiger partial charge in [0.2, 0.25) is 5.78 Å². The molecule has 0 atom stereocenters. The van der Waals surface area contributed by atoms with Gasteiger partial charge in [0.15, 0.2) is 6.61 Å². The number of carbonyl (C=O) groups is 4. The largest absolute Gasteiger partial charge is 0.507 e. The number of nitrogens with zero attached hydrogens (tertiary/aromatic N) is 2. The molecule has 0 saturated heterocycles. The molecular formula is C33H22N2O6. The molecule has 6 rings (SSSR count). The molecule has 0 aliphatic carbocycles. The standard InChI is InChI=1S/C33H22N2O6/c1-19-7-6-11-22-26(33(40)41-18-29(37)25-10-4-5-12-28(25)36)17-27(34-30(19)22)20-13-15-21(16-14-20)35-31(38)23-8-2-3-9-24(23)32(35)39/h2-17,36H,18H2,1H3. The van der Waals surface area contributed by atoms with E-state index in [0.717, 1.165) is 10.5 Å². The Morgan fingerprint density at radius 3 is 2.15 bits per heavy atom. The minimum Gasteiger partial charge on any atom is -0.507 e. The number of ether oxygens (including phenoxy) is 1. The van der Waals surface area contributed by atoms with Crippen LogP contribution in [0.2, 0.25) is 0 Å². The van der Waals surface area contributed by atoms with Crippen molar-refractivity contribution in [1.82, 2.24) is 4.98 Å². The van der Waals surface area contributed by atoms with E-state index >= 15 is 0 Å². The summed E-state index contributed by atoms with van der Waals surface area (Å²) in [5, 5.41) is 10.5. The third kappa shape index (κ3) is 4.51. The predicted octanol–water partition coefficient (Wildman–Crippen LogP) is 5.76. The molecule has 1 aromatic heterocycles. The first-order valence-electron chi connectivity index (χ1n) is 12.8. The maximum Gasteiger partial charge on any atom is 0.339 e. The van der Waals surface area contributed by atoms with Crippen LogP contribution in [-0.2, 0) is 4.74 Å². The van der Waals surface area contributed by atoms with Gasteiger partial charge in [-0.05, 0) is 55.0 Å². The fraction of sp³-hybridized carbons (Fsp3) is 0.0606. The van der Waals surface area contributed by atoms with Crippen molar-refractivity contribution in [3.8, 4) is 17.0 Å². The molecule has 0 bridgehead atoms. The second kappa shape index (κ2) is 10.2. The predicted molar refractivity (Wildman–Crippen MR) is 152 cm³/mol. The molecule has 200 valence electrons. The van der Waals surface area contributed by atoms with Gasteiger partial charge in [-0.15, -0.1) is 0 Å². The smallest absolute Gasteiger partial charge is 0.339 e. The summed E-state index contributed by atoms with van der Waals surface area (Å²) >= 11 is 0. The summed E-state index contributed by atoms with van der Waals surface area (Å²) in [6, 6.07) is 26.5. The van der Waals surface area contributed by atoms with Gasteiger partial charge in [0.1, 0.15) is 5.75 Å². The van der Waals surface area contributed by atoms with Gasteiger partial charge in [-0.25, -0.2) is 14.7 Å². The lowest BCUT2D eigenvalue weighted by molar-refractivity contribution is 0.0475. The zero-order valence-electron chi connectivity index (χ0n) is 21.8. The van der Waals surface area contributed by atoms with Gasteiger partial charge in [-0.2, -0.15) is 0 Å². The van der Waals surface area contributed by atoms with E-state index in [9.17, 15) is 24.3 Å². The maximum atomic E-state index is 13.2. The van der Waals surface area contributed by atoms with Crippen LogP contribution >= 0.6 is 0 Å². The molecule has 5 aromatic rings. The van der Waals surface area contributed by atoms with Crippen LogP contribution in [0.1, 0.15) is 47.0 Å². The topological polar surface area (TPSA) is 114 Å². The van der Waals surface area contributed by atoms with Crippen molar-refractivity contribution in [3.63, 3.8) is 0 Å². The van der Waals surface area contributed by atoms with Crippen molar-refractivity contribution in [2.24, 2.45) is 0 Å². The highest BCUT2D eigenvalue weighted by Crippen LogP contribution is 2.32. The maximum absolute atomic E-state index is 13.2. The number of phenols is 1. The quantitative estimate of drug-likeness (QED) is 0.165. The molecule has 41 heavy (non-hydrogen) atoms. The lowest BCUT2D eigenvalue weighted by Crippen LogP contribution is -2.29. The van der Waals surface area contributed by atoms with Crippen LogP contribution in [0.25, 0.3) is 22.2 Å². The van der Waals surface area contributed by atoms with Crippen LogP contribution in [0.4, 0.5) is 5.69 Å². The average Bonchev–Trinajstić information content (AvgIpc) is 3.25. The molecule has 8 nitrogen and oxygen atoms in total. The van der Waals surface area contributed by atoms with Crippen LogP contribution in [0, 0.1) is 6.92 Å². The van der Waals surface area contributed by atoms with Gasteiger partial charge < -0.3 is 9.84 Å². The van der Waals surface area contributed by atoms with Gasteiger partial charge in [0.05, 0.1) is 39.2 Å². The molecule has 2 amide bonds. The number of para-hydroxylation sites is 2. The third-order valence-corrected chi connectivity index (χ3v) is 7.02. The fourth-order valence-corrected chi connectivity index (χ4v) is 4.91. The summed E-state index contributed by atoms with van der Waals surface area (Å²) in [5.74, 6) is -2.21. The highest BCUT2D eigenvalue weighted by Gasteiger charge is 2.36. The second-order valence-corrected chi connectivity index (χ2v) is 9.58. The number of ketones is 1. The highest BCUT2D eigenvalue weighted by atomic mass is 16.5. The van der Waals surface area contributed by atoms with Gasteiger partial charge in [-0.3, -0.25) is 14.4 Å². The first-order valence-corrected chi connectivity index (χ1v) is 12.8. The van der Waals surface area contributed by atoms with Gasteiger partial charge >= 0.3 is 5.97 Å². The lowest BCUT2D eigenvalue weighted by atomic mass is 10.0. The zero-order chi connectivity index (χ0) is 28.7. The minimum absolute atomic E-state index is 0.0644. The molecule has 1 aliphatic rings. The number of esters is 1. The SMILES string of the molecule is Cc1cccc2c(C(=O)OCC(=O)c3ccccc3O)cc(-c3ccc(N4C(=O)c5ccccc5C4=O)cc3)nc12. The second-order valence-electron chi connectivity index (χ2n) is 9.58. The number of Topliss-reactive ketones (excluding diaryl/α,β-unsaturated/α-hetero) is 1. The third-order valence-electron chi connectivity index (χ3n) is 7.02. The van der Waals surface area contributed by atoms with E-state index in [1.54, 1.807) is 78.9 Å². The molecule has 0 unspecified atom stereocenters. The Balaban J connectivity index is 1.31. The molecule has 2 heterocycles. The molecule has 0 saturated carbocycles. The van der Waals surface area contributed by atoms with Crippen molar-refractivity contribution < 1.29 is 29.0 Å².